The molecule has 3 rings (SSSR count). The van der Waals surface area contributed by atoms with E-state index in [1.807, 2.05) is 36.4 Å². The van der Waals surface area contributed by atoms with E-state index in [9.17, 15) is 0 Å². The molecule has 1 N–H and O–H groups in total. The molecule has 0 aliphatic rings. The van der Waals surface area contributed by atoms with Gasteiger partial charge in [0.25, 0.3) is 0 Å². The highest BCUT2D eigenvalue weighted by molar-refractivity contribution is 6.31. The van der Waals surface area contributed by atoms with Crippen molar-refractivity contribution < 1.29 is 4.74 Å². The third kappa shape index (κ3) is 4.65. The van der Waals surface area contributed by atoms with Gasteiger partial charge in [0.15, 0.2) is 0 Å². The number of nitrogens with zero attached hydrogens (tertiary/aromatic N) is 4. The number of hydrogen-bond donors (Lipinski definition) is 1. The lowest BCUT2D eigenvalue weighted by Gasteiger charge is -2.14. The second kappa shape index (κ2) is 8.87. The van der Waals surface area contributed by atoms with E-state index in [1.54, 1.807) is 10.7 Å². The van der Waals surface area contributed by atoms with Gasteiger partial charge in [-0.2, -0.15) is 0 Å². The third-order valence-electron chi connectivity index (χ3n) is 3.77. The van der Waals surface area contributed by atoms with Gasteiger partial charge in [-0.1, -0.05) is 53.4 Å². The number of tetrazole rings is 1. The Labute approximate surface area is 162 Å². The van der Waals surface area contributed by atoms with Crippen molar-refractivity contribution in [1.82, 2.24) is 20.2 Å². The zero-order valence-electron chi connectivity index (χ0n) is 14.3. The van der Waals surface area contributed by atoms with Gasteiger partial charge in [-0.3, -0.25) is 0 Å². The molecule has 6 nitrogen and oxygen atoms in total. The first-order valence-electron chi connectivity index (χ1n) is 8.32. The van der Waals surface area contributed by atoms with Crippen molar-refractivity contribution in [1.29, 1.82) is 0 Å². The molecule has 3 aromatic rings. The minimum atomic E-state index is 0.377. The van der Waals surface area contributed by atoms with Crippen molar-refractivity contribution in [2.24, 2.45) is 0 Å². The van der Waals surface area contributed by atoms with E-state index in [4.69, 9.17) is 27.9 Å². The molecule has 1 aromatic heterocycles. The molecule has 0 aliphatic heterocycles. The van der Waals surface area contributed by atoms with Crippen molar-refractivity contribution in [3.63, 3.8) is 0 Å². The average molecular weight is 392 g/mol. The van der Waals surface area contributed by atoms with Crippen LogP contribution in [0.4, 0.5) is 5.95 Å². The monoisotopic (exact) mass is 391 g/mol. The maximum absolute atomic E-state index is 6.19. The van der Waals surface area contributed by atoms with E-state index in [0.29, 0.717) is 29.1 Å². The molecule has 26 heavy (non-hydrogen) atoms. The van der Waals surface area contributed by atoms with Crippen molar-refractivity contribution in [2.75, 3.05) is 5.32 Å². The van der Waals surface area contributed by atoms with E-state index < -0.39 is 0 Å². The summed E-state index contributed by atoms with van der Waals surface area (Å²) in [7, 11) is 0. The fourth-order valence-corrected chi connectivity index (χ4v) is 2.85. The molecule has 0 spiro atoms. The van der Waals surface area contributed by atoms with Gasteiger partial charge in [-0.25, -0.2) is 4.68 Å². The lowest BCUT2D eigenvalue weighted by molar-refractivity contribution is 0.303. The van der Waals surface area contributed by atoms with Crippen LogP contribution in [0, 0.1) is 0 Å². The summed E-state index contributed by atoms with van der Waals surface area (Å²) in [6.07, 6.45) is 0.948. The van der Waals surface area contributed by atoms with Crippen LogP contribution in [0.3, 0.4) is 0 Å². The molecule has 0 saturated carbocycles. The fourth-order valence-electron chi connectivity index (χ4n) is 2.47. The number of nitrogens with one attached hydrogen (secondary N) is 1. The van der Waals surface area contributed by atoms with E-state index >= 15 is 0 Å². The summed E-state index contributed by atoms with van der Waals surface area (Å²) in [6, 6.07) is 13.1. The maximum Gasteiger partial charge on any atom is 0.243 e. The average Bonchev–Trinajstić information content (AvgIpc) is 3.08. The molecule has 2 aromatic carbocycles. The molecular weight excluding hydrogens is 373 g/mol. The summed E-state index contributed by atoms with van der Waals surface area (Å²) >= 11 is 12.3. The minimum absolute atomic E-state index is 0.377. The summed E-state index contributed by atoms with van der Waals surface area (Å²) in [5.74, 6) is 1.35. The largest absolute Gasteiger partial charge is 0.488 e. The Kier molecular flexibility index (Phi) is 6.30. The summed E-state index contributed by atoms with van der Waals surface area (Å²) in [4.78, 5) is 0. The van der Waals surface area contributed by atoms with Gasteiger partial charge >= 0.3 is 0 Å². The number of ether oxygens (including phenoxy) is 1. The highest BCUT2D eigenvalue weighted by Gasteiger charge is 2.10. The predicted octanol–water partition coefficient (Wildman–Crippen LogP) is 4.58. The SMILES string of the molecule is CCCn1nnnc1NCc1cc(Cl)ccc1OCc1ccccc1Cl. The van der Waals surface area contributed by atoms with E-state index in [0.717, 1.165) is 29.8 Å². The van der Waals surface area contributed by atoms with Gasteiger partial charge in [0.2, 0.25) is 5.95 Å². The van der Waals surface area contributed by atoms with Crippen LogP contribution in [0.1, 0.15) is 24.5 Å². The molecule has 0 unspecified atom stereocenters. The van der Waals surface area contributed by atoms with Crippen molar-refractivity contribution in [3.05, 3.63) is 63.6 Å². The van der Waals surface area contributed by atoms with Crippen LogP contribution in [0.5, 0.6) is 5.75 Å². The van der Waals surface area contributed by atoms with E-state index in [1.165, 1.54) is 0 Å². The summed E-state index contributed by atoms with van der Waals surface area (Å²) in [6.45, 7) is 3.69. The van der Waals surface area contributed by atoms with Gasteiger partial charge in [-0.05, 0) is 41.1 Å². The van der Waals surface area contributed by atoms with Gasteiger partial charge in [0.05, 0.1) is 0 Å². The first-order valence-corrected chi connectivity index (χ1v) is 9.07. The van der Waals surface area contributed by atoms with E-state index in [2.05, 4.69) is 27.8 Å². The number of aryl methyl sites for hydroxylation is 1. The van der Waals surface area contributed by atoms with Crippen molar-refractivity contribution in [2.45, 2.75) is 33.0 Å². The molecular formula is C18H19Cl2N5O. The van der Waals surface area contributed by atoms with Crippen molar-refractivity contribution >= 4 is 29.2 Å². The lowest BCUT2D eigenvalue weighted by atomic mass is 10.2. The first kappa shape index (κ1) is 18.5. The number of benzene rings is 2. The van der Waals surface area contributed by atoms with Gasteiger partial charge in [0.1, 0.15) is 12.4 Å². The van der Waals surface area contributed by atoms with Crippen LogP contribution in [-0.4, -0.2) is 20.2 Å². The Morgan fingerprint density at radius 1 is 1.12 bits per heavy atom. The van der Waals surface area contributed by atoms with Crippen LogP contribution in [0.25, 0.3) is 0 Å². The molecule has 1 heterocycles. The zero-order valence-corrected chi connectivity index (χ0v) is 15.8. The smallest absolute Gasteiger partial charge is 0.243 e. The van der Waals surface area contributed by atoms with Gasteiger partial charge in [0, 0.05) is 34.3 Å². The minimum Gasteiger partial charge on any atom is -0.488 e. The zero-order chi connectivity index (χ0) is 18.4. The molecule has 0 atom stereocenters. The van der Waals surface area contributed by atoms with Gasteiger partial charge in [-0.15, -0.1) is 0 Å². The molecule has 0 saturated heterocycles. The number of aromatic nitrogens is 4. The van der Waals surface area contributed by atoms with Crippen LogP contribution < -0.4 is 10.1 Å². The maximum atomic E-state index is 6.19. The number of anilines is 1. The number of rotatable bonds is 8. The Balaban J connectivity index is 1.71. The lowest BCUT2D eigenvalue weighted by Crippen LogP contribution is -2.10. The highest BCUT2D eigenvalue weighted by Crippen LogP contribution is 2.26. The molecule has 0 amide bonds. The third-order valence-corrected chi connectivity index (χ3v) is 4.37. The van der Waals surface area contributed by atoms with Crippen LogP contribution >= 0.6 is 23.2 Å². The molecule has 136 valence electrons. The first-order chi connectivity index (χ1) is 12.7. The summed E-state index contributed by atoms with van der Waals surface area (Å²) < 4.78 is 7.70. The predicted molar refractivity (Wildman–Crippen MR) is 103 cm³/mol. The second-order valence-electron chi connectivity index (χ2n) is 5.71. The second-order valence-corrected chi connectivity index (χ2v) is 6.55. The Morgan fingerprint density at radius 3 is 2.77 bits per heavy atom. The Morgan fingerprint density at radius 2 is 1.96 bits per heavy atom. The summed E-state index contributed by atoms with van der Waals surface area (Å²) in [5, 5.41) is 16.2. The molecule has 8 heteroatoms. The standard InChI is InChI=1S/C18H19Cl2N5O/c1-2-9-25-18(22-23-24-25)21-11-14-10-15(19)7-8-17(14)26-12-13-5-3-4-6-16(13)20/h3-8,10H,2,9,11-12H2,1H3,(H,21,22,24). The van der Waals surface area contributed by atoms with E-state index in [-0.39, 0.29) is 0 Å². The van der Waals surface area contributed by atoms with Gasteiger partial charge < -0.3 is 10.1 Å². The fraction of sp³-hybridized carbons (Fsp3) is 0.278. The Bertz CT molecular complexity index is 868. The Hall–Kier alpha value is -2.31. The topological polar surface area (TPSA) is 64.9 Å². The quantitative estimate of drug-likeness (QED) is 0.608. The molecule has 0 fully saturated rings. The summed E-state index contributed by atoms with van der Waals surface area (Å²) in [5.41, 5.74) is 1.84. The molecule has 0 aliphatic carbocycles. The normalized spacial score (nSPS) is 10.7. The van der Waals surface area contributed by atoms with Crippen molar-refractivity contribution in [3.8, 4) is 5.75 Å². The molecule has 0 bridgehead atoms. The number of hydrogen-bond acceptors (Lipinski definition) is 5. The van der Waals surface area contributed by atoms with Crippen LogP contribution in [-0.2, 0) is 19.7 Å². The number of halogens is 2. The highest BCUT2D eigenvalue weighted by atomic mass is 35.5. The van der Waals surface area contributed by atoms with Crippen LogP contribution in [0.15, 0.2) is 42.5 Å². The molecule has 0 radical (unpaired) electrons. The van der Waals surface area contributed by atoms with Crippen LogP contribution in [0.2, 0.25) is 10.0 Å².